The van der Waals surface area contributed by atoms with Crippen molar-refractivity contribution in [2.24, 2.45) is 16.6 Å². The number of anilines is 2. The molecule has 1 heterocycles. The predicted molar refractivity (Wildman–Crippen MR) is 141 cm³/mol. The van der Waals surface area contributed by atoms with Crippen molar-refractivity contribution in [1.82, 2.24) is 9.97 Å². The van der Waals surface area contributed by atoms with Crippen LogP contribution in [0, 0.1) is 5.92 Å². The Kier molecular flexibility index (Phi) is 7.99. The lowest BCUT2D eigenvalue weighted by Crippen LogP contribution is -2.20. The SMILES string of the molecule is CCOC(=O)CN=CC(=CN)c1cnc2ccc(N(CC3CC3)c3cc(OC)cc(OC)c3)cc2n1. The van der Waals surface area contributed by atoms with E-state index in [1.54, 1.807) is 27.3 Å². The fourth-order valence-corrected chi connectivity index (χ4v) is 3.79. The van der Waals surface area contributed by atoms with Crippen molar-refractivity contribution >= 4 is 40.2 Å². The van der Waals surface area contributed by atoms with Crippen molar-refractivity contribution < 1.29 is 19.0 Å². The number of carbonyl (C=O) groups is 1. The van der Waals surface area contributed by atoms with Gasteiger partial charge in [0.25, 0.3) is 0 Å². The number of rotatable bonds is 11. The molecule has 9 heteroatoms. The topological polar surface area (TPSA) is 112 Å². The molecule has 1 aromatic heterocycles. The lowest BCUT2D eigenvalue weighted by Gasteiger charge is -2.26. The van der Waals surface area contributed by atoms with Crippen molar-refractivity contribution in [3.63, 3.8) is 0 Å². The summed E-state index contributed by atoms with van der Waals surface area (Å²) in [7, 11) is 3.30. The Labute approximate surface area is 210 Å². The number of esters is 1. The summed E-state index contributed by atoms with van der Waals surface area (Å²) in [6, 6.07) is 11.9. The van der Waals surface area contributed by atoms with Crippen molar-refractivity contribution in [2.75, 3.05) is 38.8 Å². The average molecular weight is 490 g/mol. The largest absolute Gasteiger partial charge is 0.497 e. The summed E-state index contributed by atoms with van der Waals surface area (Å²) in [5.41, 5.74) is 10.4. The minimum Gasteiger partial charge on any atom is -0.497 e. The molecule has 1 saturated carbocycles. The van der Waals surface area contributed by atoms with Crippen molar-refractivity contribution in [2.45, 2.75) is 19.8 Å². The van der Waals surface area contributed by atoms with Crippen LogP contribution in [0.3, 0.4) is 0 Å². The van der Waals surface area contributed by atoms with E-state index in [9.17, 15) is 4.79 Å². The predicted octanol–water partition coefficient (Wildman–Crippen LogP) is 4.13. The zero-order chi connectivity index (χ0) is 25.5. The lowest BCUT2D eigenvalue weighted by atomic mass is 10.1. The Morgan fingerprint density at radius 2 is 1.86 bits per heavy atom. The van der Waals surface area contributed by atoms with E-state index >= 15 is 0 Å². The van der Waals surface area contributed by atoms with Crippen LogP contribution >= 0.6 is 0 Å². The fraction of sp³-hybridized carbons (Fsp3) is 0.333. The number of nitrogens with zero attached hydrogens (tertiary/aromatic N) is 4. The molecule has 188 valence electrons. The molecule has 1 aliphatic carbocycles. The summed E-state index contributed by atoms with van der Waals surface area (Å²) < 4.78 is 15.9. The second kappa shape index (κ2) is 11.5. The molecule has 0 aliphatic heterocycles. The second-order valence-corrected chi connectivity index (χ2v) is 8.45. The van der Waals surface area contributed by atoms with Crippen molar-refractivity contribution in [3.8, 4) is 11.5 Å². The number of methoxy groups -OCH3 is 2. The van der Waals surface area contributed by atoms with Gasteiger partial charge in [-0.25, -0.2) is 4.98 Å². The molecule has 0 unspecified atom stereocenters. The standard InChI is InChI=1S/C27H31N5O4/c1-4-36-27(33)16-29-14-19(13-28)26-15-30-24-8-7-20(11-25(24)31-26)32(17-18-5-6-18)21-9-22(34-2)12-23(10-21)35-3/h7-15,18H,4-6,16-17,28H2,1-3H3. The Bertz CT molecular complexity index is 1260. The Balaban J connectivity index is 1.67. The van der Waals surface area contributed by atoms with E-state index in [2.05, 4.69) is 14.9 Å². The van der Waals surface area contributed by atoms with Crippen LogP contribution < -0.4 is 20.1 Å². The van der Waals surface area contributed by atoms with Gasteiger partial charge in [-0.05, 0) is 43.9 Å². The highest BCUT2D eigenvalue weighted by Crippen LogP contribution is 2.38. The normalized spacial score (nSPS) is 13.7. The Hall–Kier alpha value is -4.14. The third kappa shape index (κ3) is 6.10. The maximum atomic E-state index is 11.6. The van der Waals surface area contributed by atoms with Gasteiger partial charge in [-0.1, -0.05) is 0 Å². The van der Waals surface area contributed by atoms with Gasteiger partial charge in [0.15, 0.2) is 0 Å². The summed E-state index contributed by atoms with van der Waals surface area (Å²) in [6.45, 7) is 2.86. The van der Waals surface area contributed by atoms with Gasteiger partial charge in [-0.15, -0.1) is 0 Å². The summed E-state index contributed by atoms with van der Waals surface area (Å²) in [6.07, 6.45) is 6.98. The first-order valence-electron chi connectivity index (χ1n) is 11.9. The second-order valence-electron chi connectivity index (χ2n) is 8.45. The summed E-state index contributed by atoms with van der Waals surface area (Å²) in [5.74, 6) is 1.70. The van der Waals surface area contributed by atoms with Gasteiger partial charge in [-0.3, -0.25) is 14.8 Å². The molecule has 2 N–H and O–H groups in total. The van der Waals surface area contributed by atoms with E-state index < -0.39 is 5.97 Å². The smallest absolute Gasteiger partial charge is 0.327 e. The van der Waals surface area contributed by atoms with Crippen LogP contribution in [0.2, 0.25) is 0 Å². The van der Waals surface area contributed by atoms with E-state index in [0.29, 0.717) is 23.8 Å². The first-order valence-corrected chi connectivity index (χ1v) is 11.9. The van der Waals surface area contributed by atoms with Crippen LogP contribution in [0.15, 0.2) is 53.8 Å². The van der Waals surface area contributed by atoms with Crippen LogP contribution in [0.5, 0.6) is 11.5 Å². The molecular formula is C27H31N5O4. The lowest BCUT2D eigenvalue weighted by molar-refractivity contribution is -0.141. The first kappa shape index (κ1) is 25.0. The maximum Gasteiger partial charge on any atom is 0.327 e. The molecule has 4 rings (SSSR count). The number of hydrogen-bond donors (Lipinski definition) is 1. The van der Waals surface area contributed by atoms with Crippen LogP contribution in [-0.4, -0.2) is 56.1 Å². The number of fused-ring (bicyclic) bond motifs is 1. The van der Waals surface area contributed by atoms with E-state index in [-0.39, 0.29) is 6.54 Å². The van der Waals surface area contributed by atoms with E-state index in [1.165, 1.54) is 25.3 Å². The summed E-state index contributed by atoms with van der Waals surface area (Å²) >= 11 is 0. The molecule has 1 fully saturated rings. The minimum atomic E-state index is -0.399. The van der Waals surface area contributed by atoms with Gasteiger partial charge in [0.1, 0.15) is 18.0 Å². The van der Waals surface area contributed by atoms with Crippen molar-refractivity contribution in [3.05, 3.63) is 54.5 Å². The molecule has 3 aromatic rings. The maximum absolute atomic E-state index is 11.6. The van der Waals surface area contributed by atoms with Gasteiger partial charge in [0.2, 0.25) is 0 Å². The van der Waals surface area contributed by atoms with Crippen LogP contribution in [-0.2, 0) is 9.53 Å². The third-order valence-corrected chi connectivity index (χ3v) is 5.85. The molecule has 0 amide bonds. The number of aromatic nitrogens is 2. The number of carbonyl (C=O) groups excluding carboxylic acids is 1. The number of aliphatic imine (C=N–C) groups is 1. The highest BCUT2D eigenvalue weighted by Gasteiger charge is 2.26. The Morgan fingerprint density at radius 3 is 2.50 bits per heavy atom. The monoisotopic (exact) mass is 489 g/mol. The molecule has 36 heavy (non-hydrogen) atoms. The molecule has 0 radical (unpaired) electrons. The van der Waals surface area contributed by atoms with Gasteiger partial charge in [0, 0.05) is 54.1 Å². The van der Waals surface area contributed by atoms with Crippen LogP contribution in [0.4, 0.5) is 11.4 Å². The van der Waals surface area contributed by atoms with Gasteiger partial charge >= 0.3 is 5.97 Å². The van der Waals surface area contributed by atoms with E-state index in [4.69, 9.17) is 24.9 Å². The Morgan fingerprint density at radius 1 is 1.11 bits per heavy atom. The van der Waals surface area contributed by atoms with E-state index in [0.717, 1.165) is 40.5 Å². The summed E-state index contributed by atoms with van der Waals surface area (Å²) in [5, 5.41) is 0. The van der Waals surface area contributed by atoms with Crippen molar-refractivity contribution in [1.29, 1.82) is 0 Å². The zero-order valence-corrected chi connectivity index (χ0v) is 20.8. The highest BCUT2D eigenvalue weighted by atomic mass is 16.5. The van der Waals surface area contributed by atoms with Gasteiger partial charge in [0.05, 0.1) is 43.8 Å². The third-order valence-electron chi connectivity index (χ3n) is 5.85. The molecule has 0 saturated heterocycles. The van der Waals surface area contributed by atoms with Gasteiger partial charge < -0.3 is 24.8 Å². The average Bonchev–Trinajstić information content (AvgIpc) is 3.73. The minimum absolute atomic E-state index is 0.0868. The molecule has 0 spiro atoms. The molecular weight excluding hydrogens is 458 g/mol. The number of ether oxygens (including phenoxy) is 3. The number of allylic oxidation sites excluding steroid dienone is 1. The fourth-order valence-electron chi connectivity index (χ4n) is 3.79. The molecule has 0 atom stereocenters. The number of benzene rings is 2. The van der Waals surface area contributed by atoms with E-state index in [1.807, 2.05) is 36.4 Å². The molecule has 1 aliphatic rings. The van der Waals surface area contributed by atoms with Gasteiger partial charge in [-0.2, -0.15) is 0 Å². The molecule has 0 bridgehead atoms. The number of hydrogen-bond acceptors (Lipinski definition) is 9. The van der Waals surface area contributed by atoms with Crippen LogP contribution in [0.25, 0.3) is 16.6 Å². The quantitative estimate of drug-likeness (QED) is 0.316. The molecule has 2 aromatic carbocycles. The highest BCUT2D eigenvalue weighted by molar-refractivity contribution is 6.09. The molecule has 9 nitrogen and oxygen atoms in total. The number of nitrogens with two attached hydrogens (primary N) is 1. The van der Waals surface area contributed by atoms with Crippen LogP contribution in [0.1, 0.15) is 25.5 Å². The first-order chi connectivity index (χ1) is 17.5. The summed E-state index contributed by atoms with van der Waals surface area (Å²) in [4.78, 5) is 27.3. The zero-order valence-electron chi connectivity index (χ0n) is 20.8.